The summed E-state index contributed by atoms with van der Waals surface area (Å²) in [5.74, 6) is 1.58. The number of hydrogen-bond acceptors (Lipinski definition) is 9. The summed E-state index contributed by atoms with van der Waals surface area (Å²) in [5.41, 5.74) is 2.84. The van der Waals surface area contributed by atoms with E-state index in [1.165, 1.54) is 15.9 Å². The fourth-order valence-corrected chi connectivity index (χ4v) is 6.60. The summed E-state index contributed by atoms with van der Waals surface area (Å²) in [5, 5.41) is 0. The average molecular weight is 708 g/mol. The highest BCUT2D eigenvalue weighted by Crippen LogP contribution is 2.37. The lowest BCUT2D eigenvalue weighted by molar-refractivity contribution is -0.139. The molecular formula is C35H35BrN2O7S. The topological polar surface area (TPSA) is 97.6 Å². The van der Waals surface area contributed by atoms with E-state index in [0.717, 1.165) is 5.56 Å². The molecule has 2 heterocycles. The first-order chi connectivity index (χ1) is 22.1. The van der Waals surface area contributed by atoms with Crippen LogP contribution in [0.3, 0.4) is 0 Å². The van der Waals surface area contributed by atoms with Crippen molar-refractivity contribution >= 4 is 39.3 Å². The van der Waals surface area contributed by atoms with E-state index in [4.69, 9.17) is 23.7 Å². The van der Waals surface area contributed by atoms with Crippen molar-refractivity contribution < 1.29 is 28.5 Å². The Kier molecular flexibility index (Phi) is 10.3. The van der Waals surface area contributed by atoms with Gasteiger partial charge in [0.25, 0.3) is 5.56 Å². The third-order valence-corrected chi connectivity index (χ3v) is 8.86. The van der Waals surface area contributed by atoms with Crippen LogP contribution in [0.1, 0.15) is 50.4 Å². The number of allylic oxidation sites excluding steroid dienone is 1. The van der Waals surface area contributed by atoms with Gasteiger partial charge in [0.05, 0.1) is 48.8 Å². The Labute approximate surface area is 279 Å². The fourth-order valence-electron chi connectivity index (χ4n) is 5.12. The first kappa shape index (κ1) is 33.0. The molecule has 0 amide bonds. The third kappa shape index (κ3) is 6.90. The highest BCUT2D eigenvalue weighted by atomic mass is 79.9. The van der Waals surface area contributed by atoms with E-state index in [9.17, 15) is 9.59 Å². The lowest BCUT2D eigenvalue weighted by atomic mass is 9.95. The Morgan fingerprint density at radius 2 is 1.74 bits per heavy atom. The van der Waals surface area contributed by atoms with Gasteiger partial charge in [-0.25, -0.2) is 9.79 Å². The highest BCUT2D eigenvalue weighted by Gasteiger charge is 2.34. The minimum Gasteiger partial charge on any atom is -0.493 e. The van der Waals surface area contributed by atoms with Crippen LogP contribution >= 0.6 is 27.3 Å². The van der Waals surface area contributed by atoms with Crippen molar-refractivity contribution in [2.75, 3.05) is 20.8 Å². The third-order valence-electron chi connectivity index (χ3n) is 7.19. The van der Waals surface area contributed by atoms with Crippen LogP contribution < -0.4 is 33.8 Å². The largest absolute Gasteiger partial charge is 0.493 e. The molecule has 0 N–H and O–H groups in total. The number of carbonyl (C=O) groups is 1. The molecule has 1 aliphatic rings. The van der Waals surface area contributed by atoms with Gasteiger partial charge in [0, 0.05) is 4.47 Å². The van der Waals surface area contributed by atoms with Gasteiger partial charge in [-0.15, -0.1) is 0 Å². The second-order valence-electron chi connectivity index (χ2n) is 10.7. The van der Waals surface area contributed by atoms with Crippen molar-refractivity contribution in [3.05, 3.63) is 113 Å². The van der Waals surface area contributed by atoms with Gasteiger partial charge in [0.1, 0.15) is 6.61 Å². The zero-order chi connectivity index (χ0) is 33.0. The molecule has 1 atom stereocenters. The number of nitrogens with zero attached hydrogens (tertiary/aromatic N) is 2. The summed E-state index contributed by atoms with van der Waals surface area (Å²) < 4.78 is 31.4. The van der Waals surface area contributed by atoms with E-state index in [2.05, 4.69) is 20.9 Å². The Morgan fingerprint density at radius 3 is 2.41 bits per heavy atom. The van der Waals surface area contributed by atoms with Gasteiger partial charge in [0.15, 0.2) is 27.8 Å². The summed E-state index contributed by atoms with van der Waals surface area (Å²) in [7, 11) is 3.12. The Hall–Kier alpha value is -4.35. The SMILES string of the molecule is CCOC(=O)C1=C(C)N=c2s/c(=C\c3cc(OC)c(OCc4ccccc4)cc3Br)c(=O)n2[C@@H]1c1ccc(OC(C)C)c(OC)c1. The van der Waals surface area contributed by atoms with Crippen LogP contribution in [0.15, 0.2) is 86.2 Å². The average Bonchev–Trinajstić information content (AvgIpc) is 3.34. The number of ether oxygens (including phenoxy) is 5. The van der Waals surface area contributed by atoms with E-state index in [-0.39, 0.29) is 23.8 Å². The normalized spacial score (nSPS) is 14.5. The summed E-state index contributed by atoms with van der Waals surface area (Å²) >= 11 is 4.88. The molecule has 4 aromatic rings. The fraction of sp³-hybridized carbons (Fsp3) is 0.286. The molecule has 46 heavy (non-hydrogen) atoms. The molecule has 0 radical (unpaired) electrons. The Bertz CT molecular complexity index is 1960. The number of fused-ring (bicyclic) bond motifs is 1. The Morgan fingerprint density at radius 1 is 1.02 bits per heavy atom. The Balaban J connectivity index is 1.61. The standard InChI is InChI=1S/C35H35BrN2O7S/c1-7-43-34(40)31-21(4)37-35-38(32(31)23-13-14-26(45-20(2)3)27(15-23)41-5)33(39)30(46-35)17-24-16-28(42-6)29(18-25(24)36)44-19-22-11-9-8-10-12-22/h8-18,20,32H,7,19H2,1-6H3/b30-17-/t32-/m1/s1. The maximum absolute atomic E-state index is 14.2. The minimum atomic E-state index is -0.800. The lowest BCUT2D eigenvalue weighted by Crippen LogP contribution is -2.40. The van der Waals surface area contributed by atoms with Crippen molar-refractivity contribution in [3.63, 3.8) is 0 Å². The second kappa shape index (κ2) is 14.4. The molecule has 1 aromatic heterocycles. The summed E-state index contributed by atoms with van der Waals surface area (Å²) in [6.07, 6.45) is 1.70. The number of hydrogen-bond donors (Lipinski definition) is 0. The van der Waals surface area contributed by atoms with Gasteiger partial charge >= 0.3 is 5.97 Å². The number of carbonyl (C=O) groups excluding carboxylic acids is 1. The zero-order valence-corrected chi connectivity index (χ0v) is 28.9. The van der Waals surface area contributed by atoms with E-state index in [1.54, 1.807) is 46.3 Å². The molecule has 9 nitrogen and oxygen atoms in total. The van der Waals surface area contributed by atoms with Crippen LogP contribution in [0, 0.1) is 0 Å². The summed E-state index contributed by atoms with van der Waals surface area (Å²) in [4.78, 5) is 32.6. The number of thiazole rings is 1. The van der Waals surface area contributed by atoms with Crippen molar-refractivity contribution in [2.24, 2.45) is 4.99 Å². The van der Waals surface area contributed by atoms with E-state index >= 15 is 0 Å². The predicted octanol–water partition coefficient (Wildman–Crippen LogP) is 5.94. The molecule has 0 spiro atoms. The van der Waals surface area contributed by atoms with Crippen molar-refractivity contribution in [3.8, 4) is 23.0 Å². The van der Waals surface area contributed by atoms with Crippen LogP contribution in [0.5, 0.6) is 23.0 Å². The molecule has 1 aliphatic heterocycles. The number of esters is 1. The van der Waals surface area contributed by atoms with Gasteiger partial charge in [-0.1, -0.05) is 63.7 Å². The maximum atomic E-state index is 14.2. The van der Waals surface area contributed by atoms with Gasteiger partial charge in [0.2, 0.25) is 0 Å². The molecule has 0 saturated heterocycles. The highest BCUT2D eigenvalue weighted by molar-refractivity contribution is 9.10. The van der Waals surface area contributed by atoms with Crippen molar-refractivity contribution in [1.29, 1.82) is 0 Å². The number of rotatable bonds is 11. The molecule has 0 fully saturated rings. The zero-order valence-electron chi connectivity index (χ0n) is 26.5. The quantitative estimate of drug-likeness (QED) is 0.178. The molecule has 3 aromatic carbocycles. The predicted molar refractivity (Wildman–Crippen MR) is 181 cm³/mol. The van der Waals surface area contributed by atoms with Crippen molar-refractivity contribution in [1.82, 2.24) is 4.57 Å². The monoisotopic (exact) mass is 706 g/mol. The van der Waals surface area contributed by atoms with Crippen LogP contribution in [0.2, 0.25) is 0 Å². The molecule has 240 valence electrons. The molecule has 0 bridgehead atoms. The van der Waals surface area contributed by atoms with Crippen LogP contribution in [-0.2, 0) is 16.1 Å². The molecule has 5 rings (SSSR count). The smallest absolute Gasteiger partial charge is 0.338 e. The lowest BCUT2D eigenvalue weighted by Gasteiger charge is -2.25. The first-order valence-corrected chi connectivity index (χ1v) is 16.3. The number of aromatic nitrogens is 1. The van der Waals surface area contributed by atoms with Gasteiger partial charge in [-0.05, 0) is 74.7 Å². The van der Waals surface area contributed by atoms with E-state index in [1.807, 2.05) is 62.4 Å². The van der Waals surface area contributed by atoms with E-state index in [0.29, 0.717) is 60.2 Å². The molecule has 0 aliphatic carbocycles. The second-order valence-corrected chi connectivity index (χ2v) is 12.5. The summed E-state index contributed by atoms with van der Waals surface area (Å²) in [6, 6.07) is 18.1. The minimum absolute atomic E-state index is 0.0721. The molecular weight excluding hydrogens is 672 g/mol. The van der Waals surface area contributed by atoms with Crippen LogP contribution in [-0.4, -0.2) is 37.5 Å². The number of benzene rings is 3. The van der Waals surface area contributed by atoms with Crippen LogP contribution in [0.25, 0.3) is 6.08 Å². The van der Waals surface area contributed by atoms with Crippen LogP contribution in [0.4, 0.5) is 0 Å². The molecule has 11 heteroatoms. The maximum Gasteiger partial charge on any atom is 0.338 e. The van der Waals surface area contributed by atoms with E-state index < -0.39 is 12.0 Å². The number of methoxy groups -OCH3 is 2. The van der Waals surface area contributed by atoms with Gasteiger partial charge in [-0.2, -0.15) is 0 Å². The molecule has 0 saturated carbocycles. The molecule has 0 unspecified atom stereocenters. The first-order valence-electron chi connectivity index (χ1n) is 14.7. The summed E-state index contributed by atoms with van der Waals surface area (Å²) in [6.45, 7) is 7.89. The van der Waals surface area contributed by atoms with Gasteiger partial charge < -0.3 is 23.7 Å². The number of halogens is 1. The van der Waals surface area contributed by atoms with Crippen molar-refractivity contribution in [2.45, 2.75) is 46.4 Å². The van der Waals surface area contributed by atoms with Gasteiger partial charge in [-0.3, -0.25) is 9.36 Å².